The van der Waals surface area contributed by atoms with Crippen LogP contribution in [0.5, 0.6) is 11.5 Å². The molecule has 6 rings (SSSR count). The summed E-state index contributed by atoms with van der Waals surface area (Å²) in [6.45, 7) is 7.64. The third-order valence-corrected chi connectivity index (χ3v) is 7.40. The van der Waals surface area contributed by atoms with Crippen LogP contribution in [0.2, 0.25) is 0 Å². The third-order valence-electron chi connectivity index (χ3n) is 7.40. The van der Waals surface area contributed by atoms with Gasteiger partial charge in [-0.1, -0.05) is 6.92 Å². The number of H-pyrrole nitrogens is 1. The van der Waals surface area contributed by atoms with Gasteiger partial charge in [-0.3, -0.25) is 9.88 Å². The first-order valence-electron chi connectivity index (χ1n) is 12.8. The van der Waals surface area contributed by atoms with Crippen LogP contribution >= 0.6 is 0 Å². The van der Waals surface area contributed by atoms with E-state index in [2.05, 4.69) is 27.9 Å². The Bertz CT molecular complexity index is 1380. The molecule has 1 N–H and O–H groups in total. The predicted molar refractivity (Wildman–Crippen MR) is 137 cm³/mol. The fourth-order valence-electron chi connectivity index (χ4n) is 5.81. The highest BCUT2D eigenvalue weighted by molar-refractivity contribution is 5.88. The lowest BCUT2D eigenvalue weighted by Gasteiger charge is -2.34. The monoisotopic (exact) mass is 473 g/mol. The van der Waals surface area contributed by atoms with Crippen LogP contribution in [0.1, 0.15) is 36.7 Å². The van der Waals surface area contributed by atoms with Crippen LogP contribution in [0.15, 0.2) is 42.5 Å². The summed E-state index contributed by atoms with van der Waals surface area (Å²) in [5.41, 5.74) is 5.55. The second-order valence-corrected chi connectivity index (χ2v) is 10.1. The van der Waals surface area contributed by atoms with Gasteiger partial charge in [-0.25, -0.2) is 4.39 Å². The molecule has 2 aromatic carbocycles. The molecule has 5 nitrogen and oxygen atoms in total. The summed E-state index contributed by atoms with van der Waals surface area (Å²) in [5, 5.41) is 2.05. The molecule has 182 valence electrons. The first-order chi connectivity index (χ1) is 17.1. The van der Waals surface area contributed by atoms with E-state index in [1.165, 1.54) is 17.3 Å². The molecule has 2 aromatic heterocycles. The van der Waals surface area contributed by atoms with Crippen molar-refractivity contribution in [2.75, 3.05) is 26.2 Å². The Kier molecular flexibility index (Phi) is 5.85. The van der Waals surface area contributed by atoms with Crippen molar-refractivity contribution in [3.05, 3.63) is 65.2 Å². The lowest BCUT2D eigenvalue weighted by atomic mass is 9.86. The maximum absolute atomic E-state index is 13.9. The second kappa shape index (κ2) is 9.15. The minimum Gasteiger partial charge on any atom is -0.486 e. The number of fused-ring (bicyclic) bond motifs is 6. The molecule has 0 radical (unpaired) electrons. The maximum atomic E-state index is 13.9. The Morgan fingerprint density at radius 2 is 2.03 bits per heavy atom. The second-order valence-electron chi connectivity index (χ2n) is 10.1. The Labute approximate surface area is 205 Å². The summed E-state index contributed by atoms with van der Waals surface area (Å²) in [7, 11) is 0. The number of hydrogen-bond acceptors (Lipinski definition) is 4. The van der Waals surface area contributed by atoms with Gasteiger partial charge in [0.2, 0.25) is 0 Å². The van der Waals surface area contributed by atoms with E-state index in [9.17, 15) is 4.39 Å². The summed E-state index contributed by atoms with van der Waals surface area (Å²) in [6.07, 6.45) is 4.21. The molecule has 1 unspecified atom stereocenters. The summed E-state index contributed by atoms with van der Waals surface area (Å²) >= 11 is 0. The summed E-state index contributed by atoms with van der Waals surface area (Å²) in [6, 6.07) is 13.1. The molecule has 3 heterocycles. The summed E-state index contributed by atoms with van der Waals surface area (Å²) in [4.78, 5) is 10.7. The van der Waals surface area contributed by atoms with Crippen molar-refractivity contribution in [1.82, 2.24) is 14.9 Å². The lowest BCUT2D eigenvalue weighted by Crippen LogP contribution is -2.43. The minimum absolute atomic E-state index is 0.0257. The number of benzene rings is 2. The largest absolute Gasteiger partial charge is 0.486 e. The lowest BCUT2D eigenvalue weighted by molar-refractivity contribution is 0.0547. The third kappa shape index (κ3) is 4.36. The molecule has 1 aliphatic carbocycles. The predicted octanol–water partition coefficient (Wildman–Crippen LogP) is 5.82. The number of pyridine rings is 1. The number of ether oxygens (including phenoxy) is 2. The molecule has 0 saturated heterocycles. The average molecular weight is 474 g/mol. The maximum Gasteiger partial charge on any atom is 0.171 e. The molecular weight excluding hydrogens is 441 g/mol. The van der Waals surface area contributed by atoms with Crippen molar-refractivity contribution in [2.24, 2.45) is 5.92 Å². The highest BCUT2D eigenvalue weighted by Crippen LogP contribution is 2.39. The molecule has 1 aliphatic heterocycles. The molecular formula is C29H32FN3O2. The SMILES string of the molecule is CCCN(CC1CCc2[nH]c3ccc(F)cc3c2C1)C[C@H]1COc2ccc3nc(C)ccc3c2O1. The smallest absolute Gasteiger partial charge is 0.171 e. The van der Waals surface area contributed by atoms with E-state index in [-0.39, 0.29) is 11.9 Å². The topological polar surface area (TPSA) is 50.4 Å². The van der Waals surface area contributed by atoms with E-state index in [1.807, 2.05) is 31.2 Å². The van der Waals surface area contributed by atoms with E-state index in [4.69, 9.17) is 9.47 Å². The van der Waals surface area contributed by atoms with Crippen molar-refractivity contribution in [2.45, 2.75) is 45.6 Å². The van der Waals surface area contributed by atoms with Gasteiger partial charge >= 0.3 is 0 Å². The van der Waals surface area contributed by atoms with Crippen molar-refractivity contribution < 1.29 is 13.9 Å². The van der Waals surface area contributed by atoms with E-state index in [0.717, 1.165) is 84.3 Å². The number of nitrogens with one attached hydrogen (secondary N) is 1. The number of aryl methyl sites for hydroxylation is 2. The van der Waals surface area contributed by atoms with Crippen LogP contribution in [0, 0.1) is 18.7 Å². The number of halogens is 1. The van der Waals surface area contributed by atoms with Gasteiger partial charge in [0, 0.05) is 40.8 Å². The van der Waals surface area contributed by atoms with E-state index in [0.29, 0.717) is 12.5 Å². The molecule has 4 aromatic rings. The standard InChI is InChI=1S/C29H32FN3O2/c1-3-12-33(15-19-5-8-26-23(13-19)24-14-20(30)6-9-27(24)32-26)16-21-17-34-28-11-10-25-22(29(28)35-21)7-4-18(2)31-25/h4,6-7,9-11,14,19,21,32H,3,5,8,12-13,15-17H2,1-2H3/t19?,21-/m0/s1. The summed E-state index contributed by atoms with van der Waals surface area (Å²) in [5.74, 6) is 1.99. The van der Waals surface area contributed by atoms with Crippen LogP contribution < -0.4 is 9.47 Å². The molecule has 0 saturated carbocycles. The number of aromatic amines is 1. The zero-order chi connectivity index (χ0) is 23.9. The first kappa shape index (κ1) is 22.4. The number of rotatable bonds is 6. The zero-order valence-corrected chi connectivity index (χ0v) is 20.4. The van der Waals surface area contributed by atoms with Crippen molar-refractivity contribution in [1.29, 1.82) is 0 Å². The van der Waals surface area contributed by atoms with Crippen LogP contribution in [0.3, 0.4) is 0 Å². The van der Waals surface area contributed by atoms with Crippen LogP contribution in [-0.2, 0) is 12.8 Å². The zero-order valence-electron chi connectivity index (χ0n) is 20.4. The molecule has 2 aliphatic rings. The number of nitrogens with zero attached hydrogens (tertiary/aromatic N) is 2. The van der Waals surface area contributed by atoms with Gasteiger partial charge in [-0.05, 0) is 93.1 Å². The van der Waals surface area contributed by atoms with Gasteiger partial charge in [-0.2, -0.15) is 0 Å². The van der Waals surface area contributed by atoms with Gasteiger partial charge in [0.25, 0.3) is 0 Å². The van der Waals surface area contributed by atoms with Gasteiger partial charge in [-0.15, -0.1) is 0 Å². The molecule has 0 fully saturated rings. The Morgan fingerprint density at radius 1 is 1.11 bits per heavy atom. The highest BCUT2D eigenvalue weighted by Gasteiger charge is 2.28. The molecule has 0 amide bonds. The van der Waals surface area contributed by atoms with E-state index >= 15 is 0 Å². The van der Waals surface area contributed by atoms with Gasteiger partial charge in [0.1, 0.15) is 18.5 Å². The van der Waals surface area contributed by atoms with Crippen LogP contribution in [0.4, 0.5) is 4.39 Å². The average Bonchev–Trinajstić information content (AvgIpc) is 3.21. The van der Waals surface area contributed by atoms with Crippen LogP contribution in [0.25, 0.3) is 21.8 Å². The van der Waals surface area contributed by atoms with Crippen molar-refractivity contribution in [3.8, 4) is 11.5 Å². The Balaban J connectivity index is 1.17. The van der Waals surface area contributed by atoms with Crippen molar-refractivity contribution in [3.63, 3.8) is 0 Å². The molecule has 0 bridgehead atoms. The van der Waals surface area contributed by atoms with Gasteiger partial charge in [0.15, 0.2) is 11.5 Å². The highest BCUT2D eigenvalue weighted by atomic mass is 19.1. The van der Waals surface area contributed by atoms with E-state index in [1.54, 1.807) is 6.07 Å². The first-order valence-corrected chi connectivity index (χ1v) is 12.8. The minimum atomic E-state index is -0.165. The Hall–Kier alpha value is -3.12. The molecule has 6 heteroatoms. The van der Waals surface area contributed by atoms with Crippen molar-refractivity contribution >= 4 is 21.8 Å². The van der Waals surface area contributed by atoms with Crippen LogP contribution in [-0.4, -0.2) is 47.2 Å². The number of aromatic nitrogens is 2. The van der Waals surface area contributed by atoms with E-state index < -0.39 is 0 Å². The Morgan fingerprint density at radius 3 is 2.91 bits per heavy atom. The summed E-state index contributed by atoms with van der Waals surface area (Å²) < 4.78 is 26.6. The number of hydrogen-bond donors (Lipinski definition) is 1. The fourth-order valence-corrected chi connectivity index (χ4v) is 5.81. The normalized spacial score (nSPS) is 19.4. The van der Waals surface area contributed by atoms with Gasteiger partial charge in [0.05, 0.1) is 5.52 Å². The fraction of sp³-hybridized carbons (Fsp3) is 0.414. The van der Waals surface area contributed by atoms with Gasteiger partial charge < -0.3 is 14.5 Å². The molecule has 2 atom stereocenters. The molecule has 0 spiro atoms. The molecule has 35 heavy (non-hydrogen) atoms. The quantitative estimate of drug-likeness (QED) is 0.383.